The molecule has 0 bridgehead atoms. The van der Waals surface area contributed by atoms with Gasteiger partial charge in [0.2, 0.25) is 5.91 Å². The number of hydrogen-bond donors (Lipinski definition) is 2. The Bertz CT molecular complexity index is 373. The van der Waals surface area contributed by atoms with Crippen LogP contribution in [-0.4, -0.2) is 19.0 Å². The summed E-state index contributed by atoms with van der Waals surface area (Å²) in [7, 11) is 0. The lowest BCUT2D eigenvalue weighted by Gasteiger charge is -2.10. The van der Waals surface area contributed by atoms with Gasteiger partial charge in [-0.05, 0) is 50.5 Å². The zero-order valence-corrected chi connectivity index (χ0v) is 13.4. The van der Waals surface area contributed by atoms with Crippen LogP contribution >= 0.6 is 47.8 Å². The summed E-state index contributed by atoms with van der Waals surface area (Å²) in [6, 6.07) is 3.77. The fraction of sp³-hybridized carbons (Fsp3) is 0.300. The van der Waals surface area contributed by atoms with Gasteiger partial charge in [0.1, 0.15) is 0 Å². The van der Waals surface area contributed by atoms with E-state index in [1.165, 1.54) is 0 Å². The van der Waals surface area contributed by atoms with E-state index in [9.17, 15) is 4.79 Å². The first-order valence-corrected chi connectivity index (χ1v) is 7.07. The summed E-state index contributed by atoms with van der Waals surface area (Å²) < 4.78 is 2.60. The molecule has 0 aliphatic heterocycles. The second-order valence-electron chi connectivity index (χ2n) is 3.07. The van der Waals surface area contributed by atoms with Crippen molar-refractivity contribution in [1.82, 2.24) is 5.32 Å². The molecule has 0 aliphatic rings. The monoisotopic (exact) mass is 412 g/mol. The molecule has 1 amide bonds. The first-order valence-electron chi connectivity index (χ1n) is 4.69. The van der Waals surface area contributed by atoms with E-state index in [1.807, 2.05) is 19.1 Å². The third-order valence-electron chi connectivity index (χ3n) is 1.81. The van der Waals surface area contributed by atoms with Crippen LogP contribution in [-0.2, 0) is 4.79 Å². The third kappa shape index (κ3) is 4.16. The predicted octanol–water partition coefficient (Wildman–Crippen LogP) is 3.52. The molecule has 3 nitrogen and oxygen atoms in total. The van der Waals surface area contributed by atoms with Gasteiger partial charge in [-0.2, -0.15) is 0 Å². The summed E-state index contributed by atoms with van der Waals surface area (Å²) in [6.45, 7) is 3.04. The fourth-order valence-corrected chi connectivity index (χ4v) is 3.54. The highest BCUT2D eigenvalue weighted by molar-refractivity contribution is 9.11. The van der Waals surface area contributed by atoms with Gasteiger partial charge in [-0.3, -0.25) is 4.79 Å². The van der Waals surface area contributed by atoms with Crippen LogP contribution in [0.5, 0.6) is 0 Å². The number of carbonyl (C=O) groups is 1. The largest absolute Gasteiger partial charge is 0.323 e. The summed E-state index contributed by atoms with van der Waals surface area (Å²) in [4.78, 5) is 11.5. The molecule has 0 spiro atoms. The van der Waals surface area contributed by atoms with E-state index in [2.05, 4.69) is 58.4 Å². The predicted molar refractivity (Wildman–Crippen MR) is 76.7 cm³/mol. The van der Waals surface area contributed by atoms with Crippen LogP contribution in [0.15, 0.2) is 25.6 Å². The van der Waals surface area contributed by atoms with E-state index in [4.69, 9.17) is 0 Å². The molecule has 0 aliphatic carbocycles. The molecule has 6 heteroatoms. The zero-order valence-electron chi connectivity index (χ0n) is 8.61. The molecule has 0 saturated heterocycles. The molecule has 1 aromatic rings. The fourth-order valence-electron chi connectivity index (χ4n) is 1.08. The van der Waals surface area contributed by atoms with Crippen LogP contribution < -0.4 is 10.6 Å². The molecule has 0 heterocycles. The smallest absolute Gasteiger partial charge is 0.238 e. The second-order valence-corrected chi connectivity index (χ2v) is 5.70. The number of benzene rings is 1. The van der Waals surface area contributed by atoms with E-state index in [0.717, 1.165) is 25.7 Å². The molecule has 2 N–H and O–H groups in total. The average molecular weight is 415 g/mol. The van der Waals surface area contributed by atoms with E-state index < -0.39 is 0 Å². The maximum absolute atomic E-state index is 11.5. The molecular weight excluding hydrogens is 404 g/mol. The van der Waals surface area contributed by atoms with Gasteiger partial charge in [0.05, 0.1) is 12.2 Å². The number of halogens is 3. The van der Waals surface area contributed by atoms with E-state index in [-0.39, 0.29) is 5.91 Å². The van der Waals surface area contributed by atoms with Crippen LogP contribution in [0.3, 0.4) is 0 Å². The number of hydrogen-bond acceptors (Lipinski definition) is 2. The van der Waals surface area contributed by atoms with Crippen molar-refractivity contribution in [2.45, 2.75) is 6.92 Å². The molecular formula is C10H11Br3N2O. The van der Waals surface area contributed by atoms with Crippen LogP contribution in [0, 0.1) is 0 Å². The number of rotatable bonds is 4. The van der Waals surface area contributed by atoms with Crippen molar-refractivity contribution in [2.75, 3.05) is 18.4 Å². The van der Waals surface area contributed by atoms with Crippen molar-refractivity contribution in [3.63, 3.8) is 0 Å². The number of anilines is 1. The van der Waals surface area contributed by atoms with Gasteiger partial charge in [0.15, 0.2) is 0 Å². The molecule has 0 fully saturated rings. The standard InChI is InChI=1S/C10H11Br3N2O/c1-2-14-5-9(16)15-10-7(12)3-6(11)4-8(10)13/h3-4,14H,2,5H2,1H3,(H,15,16). The normalized spacial score (nSPS) is 10.2. The van der Waals surface area contributed by atoms with E-state index >= 15 is 0 Å². The Hall–Kier alpha value is 0.0900. The maximum Gasteiger partial charge on any atom is 0.238 e. The van der Waals surface area contributed by atoms with Crippen molar-refractivity contribution in [3.05, 3.63) is 25.6 Å². The van der Waals surface area contributed by atoms with Gasteiger partial charge in [-0.25, -0.2) is 0 Å². The highest BCUT2D eigenvalue weighted by Crippen LogP contribution is 2.34. The Morgan fingerprint density at radius 2 is 1.81 bits per heavy atom. The first-order chi connectivity index (χ1) is 7.54. The quantitative estimate of drug-likeness (QED) is 0.791. The van der Waals surface area contributed by atoms with E-state index in [0.29, 0.717) is 6.54 Å². The lowest BCUT2D eigenvalue weighted by atomic mass is 10.3. The van der Waals surface area contributed by atoms with Crippen molar-refractivity contribution in [3.8, 4) is 0 Å². The maximum atomic E-state index is 11.5. The molecule has 88 valence electrons. The Balaban J connectivity index is 2.77. The van der Waals surface area contributed by atoms with Gasteiger partial charge in [0.25, 0.3) is 0 Å². The third-order valence-corrected chi connectivity index (χ3v) is 3.52. The van der Waals surface area contributed by atoms with Crippen LogP contribution in [0.25, 0.3) is 0 Å². The average Bonchev–Trinajstić information content (AvgIpc) is 2.20. The van der Waals surface area contributed by atoms with Crippen LogP contribution in [0.1, 0.15) is 6.92 Å². The lowest BCUT2D eigenvalue weighted by Crippen LogP contribution is -2.28. The summed E-state index contributed by atoms with van der Waals surface area (Å²) in [5.74, 6) is -0.0643. The first kappa shape index (κ1) is 14.2. The number of amides is 1. The molecule has 1 aromatic carbocycles. The summed E-state index contributed by atoms with van der Waals surface area (Å²) >= 11 is 10.2. The Labute approximate surface area is 120 Å². The van der Waals surface area contributed by atoms with Crippen molar-refractivity contribution >= 4 is 59.4 Å². The van der Waals surface area contributed by atoms with Gasteiger partial charge in [-0.15, -0.1) is 0 Å². The van der Waals surface area contributed by atoms with Gasteiger partial charge >= 0.3 is 0 Å². The summed E-state index contributed by atoms with van der Waals surface area (Å²) in [5, 5.41) is 5.79. The zero-order chi connectivity index (χ0) is 12.1. The topological polar surface area (TPSA) is 41.1 Å². The molecule has 0 saturated carbocycles. The molecule has 0 unspecified atom stereocenters. The molecule has 16 heavy (non-hydrogen) atoms. The highest BCUT2D eigenvalue weighted by Gasteiger charge is 2.09. The highest BCUT2D eigenvalue weighted by atomic mass is 79.9. The molecule has 0 radical (unpaired) electrons. The van der Waals surface area contributed by atoms with E-state index in [1.54, 1.807) is 0 Å². The SMILES string of the molecule is CCNCC(=O)Nc1c(Br)cc(Br)cc1Br. The minimum absolute atomic E-state index is 0.0643. The summed E-state index contributed by atoms with van der Waals surface area (Å²) in [5.41, 5.74) is 0.742. The summed E-state index contributed by atoms with van der Waals surface area (Å²) in [6.07, 6.45) is 0. The Morgan fingerprint density at radius 3 is 2.31 bits per heavy atom. The van der Waals surface area contributed by atoms with Crippen molar-refractivity contribution in [1.29, 1.82) is 0 Å². The minimum Gasteiger partial charge on any atom is -0.323 e. The molecule has 0 aromatic heterocycles. The van der Waals surface area contributed by atoms with Gasteiger partial charge < -0.3 is 10.6 Å². The van der Waals surface area contributed by atoms with Gasteiger partial charge in [0, 0.05) is 13.4 Å². The number of carbonyl (C=O) groups excluding carboxylic acids is 1. The van der Waals surface area contributed by atoms with Crippen molar-refractivity contribution in [2.24, 2.45) is 0 Å². The molecule has 0 atom stereocenters. The van der Waals surface area contributed by atoms with Crippen LogP contribution in [0.2, 0.25) is 0 Å². The second kappa shape index (κ2) is 6.74. The van der Waals surface area contributed by atoms with Crippen molar-refractivity contribution < 1.29 is 4.79 Å². The lowest BCUT2D eigenvalue weighted by molar-refractivity contribution is -0.115. The number of nitrogens with one attached hydrogen (secondary N) is 2. The Morgan fingerprint density at radius 1 is 1.25 bits per heavy atom. The van der Waals surface area contributed by atoms with Gasteiger partial charge in [-0.1, -0.05) is 22.9 Å². The Kier molecular flexibility index (Phi) is 5.96. The number of likely N-dealkylation sites (N-methyl/N-ethyl adjacent to an activating group) is 1. The molecule has 1 rings (SSSR count). The minimum atomic E-state index is -0.0643. The van der Waals surface area contributed by atoms with Crippen LogP contribution in [0.4, 0.5) is 5.69 Å².